The molecule has 0 spiro atoms. The molecule has 0 aliphatic heterocycles. The number of aryl methyl sites for hydroxylation is 1. The topological polar surface area (TPSA) is 79.0 Å². The van der Waals surface area contributed by atoms with Crippen LogP contribution in [0, 0.1) is 28.4 Å². The summed E-state index contributed by atoms with van der Waals surface area (Å²) in [6, 6.07) is 12.2. The summed E-state index contributed by atoms with van der Waals surface area (Å²) in [5.74, 6) is 0. The standard InChI is InChI=1S/C15H12BrN3O2/c1-10-2-3-11(8-17)6-15(10)18-9-12-4-5-13(19(20)21)7-14(12)16/h2-7,18H,9H2,1H3. The lowest BCUT2D eigenvalue weighted by atomic mass is 10.1. The number of anilines is 1. The molecule has 0 unspecified atom stereocenters. The lowest BCUT2D eigenvalue weighted by molar-refractivity contribution is -0.384. The van der Waals surface area contributed by atoms with Crippen molar-refractivity contribution in [3.63, 3.8) is 0 Å². The van der Waals surface area contributed by atoms with Crippen LogP contribution in [0.1, 0.15) is 16.7 Å². The minimum absolute atomic E-state index is 0.0493. The van der Waals surface area contributed by atoms with Gasteiger partial charge in [-0.15, -0.1) is 0 Å². The number of hydrogen-bond acceptors (Lipinski definition) is 4. The predicted octanol–water partition coefficient (Wildman–Crippen LogP) is 4.15. The number of halogens is 1. The Balaban J connectivity index is 2.17. The minimum Gasteiger partial charge on any atom is -0.381 e. The average molecular weight is 346 g/mol. The zero-order chi connectivity index (χ0) is 15.4. The van der Waals surface area contributed by atoms with E-state index in [4.69, 9.17) is 5.26 Å². The van der Waals surface area contributed by atoms with Gasteiger partial charge in [-0.2, -0.15) is 5.26 Å². The van der Waals surface area contributed by atoms with Crippen LogP contribution in [0.3, 0.4) is 0 Å². The molecule has 0 aliphatic carbocycles. The second-order valence-corrected chi connectivity index (χ2v) is 5.38. The molecule has 0 radical (unpaired) electrons. The van der Waals surface area contributed by atoms with E-state index in [1.54, 1.807) is 18.2 Å². The van der Waals surface area contributed by atoms with Crippen LogP contribution < -0.4 is 5.32 Å². The fourth-order valence-electron chi connectivity index (χ4n) is 1.87. The number of non-ortho nitro benzene ring substituents is 1. The zero-order valence-electron chi connectivity index (χ0n) is 11.3. The summed E-state index contributed by atoms with van der Waals surface area (Å²) in [4.78, 5) is 10.3. The van der Waals surface area contributed by atoms with E-state index in [9.17, 15) is 10.1 Å². The van der Waals surface area contributed by atoms with Crippen LogP contribution in [0.2, 0.25) is 0 Å². The molecule has 0 bridgehead atoms. The van der Waals surface area contributed by atoms with Gasteiger partial charge >= 0.3 is 0 Å². The molecule has 21 heavy (non-hydrogen) atoms. The number of nitro benzene ring substituents is 1. The molecule has 0 saturated heterocycles. The largest absolute Gasteiger partial charge is 0.381 e. The lowest BCUT2D eigenvalue weighted by Gasteiger charge is -2.11. The van der Waals surface area contributed by atoms with Gasteiger partial charge in [0.15, 0.2) is 0 Å². The van der Waals surface area contributed by atoms with Crippen molar-refractivity contribution in [3.05, 3.63) is 67.7 Å². The molecule has 2 aromatic rings. The molecule has 0 heterocycles. The molecule has 0 amide bonds. The second kappa shape index (κ2) is 6.37. The quantitative estimate of drug-likeness (QED) is 0.666. The number of nitrogens with one attached hydrogen (secondary N) is 1. The van der Waals surface area contributed by atoms with Gasteiger partial charge in [-0.25, -0.2) is 0 Å². The van der Waals surface area contributed by atoms with Crippen molar-refractivity contribution in [1.29, 1.82) is 5.26 Å². The Labute approximate surface area is 130 Å². The summed E-state index contributed by atoms with van der Waals surface area (Å²) >= 11 is 3.34. The summed E-state index contributed by atoms with van der Waals surface area (Å²) in [5.41, 5.74) is 3.45. The van der Waals surface area contributed by atoms with Gasteiger partial charge in [0.2, 0.25) is 0 Å². The number of rotatable bonds is 4. The second-order valence-electron chi connectivity index (χ2n) is 4.53. The van der Waals surface area contributed by atoms with E-state index >= 15 is 0 Å². The molecule has 2 aromatic carbocycles. The van der Waals surface area contributed by atoms with Crippen molar-refractivity contribution in [1.82, 2.24) is 0 Å². The maximum absolute atomic E-state index is 10.7. The summed E-state index contributed by atoms with van der Waals surface area (Å²) in [6.07, 6.45) is 0. The molecule has 0 saturated carbocycles. The fraction of sp³-hybridized carbons (Fsp3) is 0.133. The third kappa shape index (κ3) is 3.58. The van der Waals surface area contributed by atoms with E-state index in [1.807, 2.05) is 13.0 Å². The van der Waals surface area contributed by atoms with Gasteiger partial charge in [-0.05, 0) is 36.2 Å². The zero-order valence-corrected chi connectivity index (χ0v) is 12.8. The van der Waals surface area contributed by atoms with Crippen LogP contribution >= 0.6 is 15.9 Å². The van der Waals surface area contributed by atoms with E-state index in [-0.39, 0.29) is 5.69 Å². The monoisotopic (exact) mass is 345 g/mol. The summed E-state index contributed by atoms with van der Waals surface area (Å²) in [5, 5.41) is 22.9. The highest BCUT2D eigenvalue weighted by molar-refractivity contribution is 9.10. The third-order valence-electron chi connectivity index (χ3n) is 3.08. The Morgan fingerprint density at radius 1 is 1.33 bits per heavy atom. The number of benzene rings is 2. The molecule has 0 atom stereocenters. The smallest absolute Gasteiger partial charge is 0.270 e. The van der Waals surface area contributed by atoms with Gasteiger partial charge in [0.25, 0.3) is 5.69 Å². The molecule has 5 nitrogen and oxygen atoms in total. The van der Waals surface area contributed by atoms with E-state index < -0.39 is 4.92 Å². The first-order valence-electron chi connectivity index (χ1n) is 6.18. The Morgan fingerprint density at radius 2 is 2.10 bits per heavy atom. The highest BCUT2D eigenvalue weighted by Gasteiger charge is 2.09. The molecule has 6 heteroatoms. The maximum Gasteiger partial charge on any atom is 0.270 e. The molecule has 0 fully saturated rings. The van der Waals surface area contributed by atoms with E-state index in [2.05, 4.69) is 27.3 Å². The fourth-order valence-corrected chi connectivity index (χ4v) is 2.37. The van der Waals surface area contributed by atoms with Crippen LogP contribution in [0.4, 0.5) is 11.4 Å². The number of nitriles is 1. The highest BCUT2D eigenvalue weighted by atomic mass is 79.9. The molecular weight excluding hydrogens is 334 g/mol. The Kier molecular flexibility index (Phi) is 4.55. The lowest BCUT2D eigenvalue weighted by Crippen LogP contribution is -2.02. The number of nitro groups is 1. The predicted molar refractivity (Wildman–Crippen MR) is 84.0 cm³/mol. The first-order valence-corrected chi connectivity index (χ1v) is 6.98. The summed E-state index contributed by atoms with van der Waals surface area (Å²) < 4.78 is 0.679. The molecule has 106 valence electrons. The van der Waals surface area contributed by atoms with Crippen LogP contribution in [0.15, 0.2) is 40.9 Å². The summed E-state index contributed by atoms with van der Waals surface area (Å²) in [7, 11) is 0. The van der Waals surface area contributed by atoms with Gasteiger partial charge in [-0.3, -0.25) is 10.1 Å². The first-order chi connectivity index (χ1) is 10.0. The van der Waals surface area contributed by atoms with E-state index in [0.29, 0.717) is 16.6 Å². The van der Waals surface area contributed by atoms with Crippen LogP contribution in [0.25, 0.3) is 0 Å². The van der Waals surface area contributed by atoms with Crippen LogP contribution in [-0.4, -0.2) is 4.92 Å². The van der Waals surface area contributed by atoms with Gasteiger partial charge < -0.3 is 5.32 Å². The van der Waals surface area contributed by atoms with Crippen molar-refractivity contribution in [3.8, 4) is 6.07 Å². The van der Waals surface area contributed by atoms with Gasteiger partial charge in [-0.1, -0.05) is 22.0 Å². The van der Waals surface area contributed by atoms with Gasteiger partial charge in [0.1, 0.15) is 0 Å². The van der Waals surface area contributed by atoms with Crippen molar-refractivity contribution < 1.29 is 4.92 Å². The third-order valence-corrected chi connectivity index (χ3v) is 3.82. The minimum atomic E-state index is -0.428. The van der Waals surface area contributed by atoms with Crippen LogP contribution in [0.5, 0.6) is 0 Å². The number of hydrogen-bond donors (Lipinski definition) is 1. The normalized spacial score (nSPS) is 9.95. The van der Waals surface area contributed by atoms with Gasteiger partial charge in [0, 0.05) is 28.8 Å². The average Bonchev–Trinajstić information content (AvgIpc) is 2.47. The Hall–Kier alpha value is -2.39. The van der Waals surface area contributed by atoms with Crippen molar-refractivity contribution >= 4 is 27.3 Å². The van der Waals surface area contributed by atoms with E-state index in [1.165, 1.54) is 12.1 Å². The molecule has 0 aliphatic rings. The highest BCUT2D eigenvalue weighted by Crippen LogP contribution is 2.24. The SMILES string of the molecule is Cc1ccc(C#N)cc1NCc1ccc([N+](=O)[O-])cc1Br. The molecule has 1 N–H and O–H groups in total. The van der Waals surface area contributed by atoms with Crippen molar-refractivity contribution in [2.45, 2.75) is 13.5 Å². The summed E-state index contributed by atoms with van der Waals surface area (Å²) in [6.45, 7) is 2.46. The molecule has 2 rings (SSSR count). The molecule has 0 aromatic heterocycles. The van der Waals surface area contributed by atoms with Crippen LogP contribution in [-0.2, 0) is 6.54 Å². The Morgan fingerprint density at radius 3 is 2.71 bits per heavy atom. The van der Waals surface area contributed by atoms with E-state index in [0.717, 1.165) is 16.8 Å². The van der Waals surface area contributed by atoms with Gasteiger partial charge in [0.05, 0.1) is 16.6 Å². The first kappa shape index (κ1) is 15.0. The van der Waals surface area contributed by atoms with Crippen molar-refractivity contribution in [2.75, 3.05) is 5.32 Å². The maximum atomic E-state index is 10.7. The number of nitrogens with zero attached hydrogens (tertiary/aromatic N) is 2. The Bertz CT molecular complexity index is 738. The molecular formula is C15H12BrN3O2. The van der Waals surface area contributed by atoms with Crippen molar-refractivity contribution in [2.24, 2.45) is 0 Å².